The number of hydrogen-bond acceptors (Lipinski definition) is 3. The van der Waals surface area contributed by atoms with E-state index < -0.39 is 0 Å². The quantitative estimate of drug-likeness (QED) is 0.940. The first-order chi connectivity index (χ1) is 11.1. The smallest absolute Gasteiger partial charge is 0.227 e. The third-order valence-corrected chi connectivity index (χ3v) is 4.40. The summed E-state index contributed by atoms with van der Waals surface area (Å²) in [6, 6.07) is 12.3. The standard InChI is InChI=1S/C19H23N3O/c1-14(2)17-13-22(18-6-4-3-5-16(18)21-17)19(23)8-7-15-9-11-20-12-10-15/h3-6,9-12,14,17,21H,7-8,13H2,1-2H3. The molecule has 0 fully saturated rings. The number of rotatable bonds is 4. The van der Waals surface area contributed by atoms with Gasteiger partial charge in [0.1, 0.15) is 0 Å². The second kappa shape index (κ2) is 6.82. The van der Waals surface area contributed by atoms with E-state index in [0.717, 1.165) is 29.9 Å². The van der Waals surface area contributed by atoms with Crippen molar-refractivity contribution in [2.24, 2.45) is 5.92 Å². The molecule has 0 spiro atoms. The molecule has 1 aliphatic heterocycles. The van der Waals surface area contributed by atoms with E-state index >= 15 is 0 Å². The molecular weight excluding hydrogens is 286 g/mol. The lowest BCUT2D eigenvalue weighted by molar-refractivity contribution is -0.118. The lowest BCUT2D eigenvalue weighted by atomic mass is 9.99. The van der Waals surface area contributed by atoms with Crippen LogP contribution >= 0.6 is 0 Å². The summed E-state index contributed by atoms with van der Waals surface area (Å²) >= 11 is 0. The SMILES string of the molecule is CC(C)C1CN(C(=O)CCc2ccncc2)c2ccccc2N1. The molecule has 4 nitrogen and oxygen atoms in total. The number of nitrogens with one attached hydrogen (secondary N) is 1. The van der Waals surface area contributed by atoms with Gasteiger partial charge >= 0.3 is 0 Å². The van der Waals surface area contributed by atoms with E-state index in [1.165, 1.54) is 0 Å². The highest BCUT2D eigenvalue weighted by Gasteiger charge is 2.28. The topological polar surface area (TPSA) is 45.2 Å². The molecule has 0 saturated heterocycles. The maximum atomic E-state index is 12.8. The number of aromatic nitrogens is 1. The second-order valence-corrected chi connectivity index (χ2v) is 6.37. The monoisotopic (exact) mass is 309 g/mol. The van der Waals surface area contributed by atoms with E-state index in [-0.39, 0.29) is 11.9 Å². The lowest BCUT2D eigenvalue weighted by Crippen LogP contribution is -2.47. The van der Waals surface area contributed by atoms with E-state index in [1.807, 2.05) is 41.3 Å². The van der Waals surface area contributed by atoms with Crippen LogP contribution < -0.4 is 10.2 Å². The number of para-hydroxylation sites is 2. The summed E-state index contributed by atoms with van der Waals surface area (Å²) in [5.74, 6) is 0.653. The molecule has 1 aromatic carbocycles. The van der Waals surface area contributed by atoms with E-state index in [4.69, 9.17) is 0 Å². The second-order valence-electron chi connectivity index (χ2n) is 6.37. The molecule has 2 aromatic rings. The van der Waals surface area contributed by atoms with Crippen molar-refractivity contribution in [2.75, 3.05) is 16.8 Å². The van der Waals surface area contributed by atoms with Crippen LogP contribution in [0.1, 0.15) is 25.8 Å². The van der Waals surface area contributed by atoms with Crippen molar-refractivity contribution < 1.29 is 4.79 Å². The van der Waals surface area contributed by atoms with Crippen molar-refractivity contribution in [2.45, 2.75) is 32.7 Å². The van der Waals surface area contributed by atoms with Gasteiger partial charge in [0, 0.05) is 31.4 Å². The Kier molecular flexibility index (Phi) is 4.60. The number of benzene rings is 1. The molecule has 3 rings (SSSR count). The normalized spacial score (nSPS) is 16.8. The highest BCUT2D eigenvalue weighted by molar-refractivity contribution is 5.97. The summed E-state index contributed by atoms with van der Waals surface area (Å²) in [5, 5.41) is 3.55. The molecule has 1 N–H and O–H groups in total. The fraction of sp³-hybridized carbons (Fsp3) is 0.368. The van der Waals surface area contributed by atoms with E-state index in [2.05, 4.69) is 24.1 Å². The minimum absolute atomic E-state index is 0.182. The largest absolute Gasteiger partial charge is 0.379 e. The summed E-state index contributed by atoms with van der Waals surface area (Å²) in [5.41, 5.74) is 3.19. The van der Waals surface area contributed by atoms with Crippen LogP contribution in [0.2, 0.25) is 0 Å². The maximum Gasteiger partial charge on any atom is 0.227 e. The molecule has 0 radical (unpaired) electrons. The van der Waals surface area contributed by atoms with Crippen molar-refractivity contribution >= 4 is 17.3 Å². The van der Waals surface area contributed by atoms with Crippen LogP contribution in [0.3, 0.4) is 0 Å². The van der Waals surface area contributed by atoms with Gasteiger partial charge in [-0.25, -0.2) is 0 Å². The Morgan fingerprint density at radius 1 is 1.26 bits per heavy atom. The summed E-state index contributed by atoms with van der Waals surface area (Å²) in [6.45, 7) is 5.10. The van der Waals surface area contributed by atoms with E-state index in [0.29, 0.717) is 12.3 Å². The number of pyridine rings is 1. The fourth-order valence-electron chi connectivity index (χ4n) is 2.92. The van der Waals surface area contributed by atoms with Gasteiger partial charge in [-0.2, -0.15) is 0 Å². The van der Waals surface area contributed by atoms with Gasteiger partial charge in [0.05, 0.1) is 11.4 Å². The molecule has 4 heteroatoms. The average molecular weight is 309 g/mol. The molecule has 0 aliphatic carbocycles. The van der Waals surface area contributed by atoms with Gasteiger partial charge in [0.25, 0.3) is 0 Å². The van der Waals surface area contributed by atoms with Crippen molar-refractivity contribution in [1.29, 1.82) is 0 Å². The van der Waals surface area contributed by atoms with E-state index in [9.17, 15) is 4.79 Å². The predicted octanol–water partition coefficient (Wildman–Crippen LogP) is 3.50. The van der Waals surface area contributed by atoms with Crippen LogP contribution in [0.5, 0.6) is 0 Å². The van der Waals surface area contributed by atoms with Gasteiger partial charge in [0.15, 0.2) is 0 Å². The average Bonchev–Trinajstić information content (AvgIpc) is 2.59. The van der Waals surface area contributed by atoms with Crippen molar-refractivity contribution in [3.63, 3.8) is 0 Å². The van der Waals surface area contributed by atoms with Crippen molar-refractivity contribution in [1.82, 2.24) is 4.98 Å². The predicted molar refractivity (Wildman–Crippen MR) is 93.6 cm³/mol. The van der Waals surface area contributed by atoms with Gasteiger partial charge in [-0.3, -0.25) is 9.78 Å². The molecule has 0 bridgehead atoms. The summed E-state index contributed by atoms with van der Waals surface area (Å²) in [7, 11) is 0. The first kappa shape index (κ1) is 15.5. The van der Waals surface area contributed by atoms with Crippen LogP contribution in [0, 0.1) is 5.92 Å². The summed E-state index contributed by atoms with van der Waals surface area (Å²) < 4.78 is 0. The molecule has 23 heavy (non-hydrogen) atoms. The Morgan fingerprint density at radius 2 is 2.00 bits per heavy atom. The number of aryl methyl sites for hydroxylation is 1. The third kappa shape index (κ3) is 3.52. The maximum absolute atomic E-state index is 12.8. The van der Waals surface area contributed by atoms with Crippen LogP contribution in [-0.4, -0.2) is 23.5 Å². The molecule has 1 unspecified atom stereocenters. The zero-order valence-electron chi connectivity index (χ0n) is 13.7. The van der Waals surface area contributed by atoms with Crippen LogP contribution in [0.25, 0.3) is 0 Å². The van der Waals surface area contributed by atoms with Gasteiger partial charge in [-0.15, -0.1) is 0 Å². The number of hydrogen-bond donors (Lipinski definition) is 1. The number of carbonyl (C=O) groups is 1. The van der Waals surface area contributed by atoms with Crippen LogP contribution in [0.4, 0.5) is 11.4 Å². The van der Waals surface area contributed by atoms with Gasteiger partial charge in [0.2, 0.25) is 5.91 Å². The first-order valence-corrected chi connectivity index (χ1v) is 8.20. The minimum atomic E-state index is 0.182. The molecular formula is C19H23N3O. The molecule has 1 aliphatic rings. The van der Waals surface area contributed by atoms with Crippen molar-refractivity contribution in [3.8, 4) is 0 Å². The van der Waals surface area contributed by atoms with Crippen molar-refractivity contribution in [3.05, 3.63) is 54.4 Å². The number of amides is 1. The zero-order chi connectivity index (χ0) is 16.2. The zero-order valence-corrected chi connectivity index (χ0v) is 13.7. The van der Waals surface area contributed by atoms with Gasteiger partial charge in [-0.05, 0) is 42.2 Å². The Labute approximate surface area is 137 Å². The molecule has 120 valence electrons. The Balaban J connectivity index is 1.76. The Hall–Kier alpha value is -2.36. The fourth-order valence-corrected chi connectivity index (χ4v) is 2.92. The number of fused-ring (bicyclic) bond motifs is 1. The van der Waals surface area contributed by atoms with Gasteiger partial charge < -0.3 is 10.2 Å². The molecule has 0 saturated carbocycles. The molecule has 2 heterocycles. The number of nitrogens with zero attached hydrogens (tertiary/aromatic N) is 2. The molecule has 1 amide bonds. The third-order valence-electron chi connectivity index (χ3n) is 4.40. The first-order valence-electron chi connectivity index (χ1n) is 8.20. The van der Waals surface area contributed by atoms with Crippen LogP contribution in [0.15, 0.2) is 48.8 Å². The highest BCUT2D eigenvalue weighted by Crippen LogP contribution is 2.32. The Morgan fingerprint density at radius 3 is 2.74 bits per heavy atom. The number of carbonyl (C=O) groups excluding carboxylic acids is 1. The van der Waals surface area contributed by atoms with Crippen LogP contribution in [-0.2, 0) is 11.2 Å². The Bertz CT molecular complexity index is 669. The molecule has 1 aromatic heterocycles. The van der Waals surface area contributed by atoms with E-state index in [1.54, 1.807) is 12.4 Å². The lowest BCUT2D eigenvalue weighted by Gasteiger charge is -2.37. The number of anilines is 2. The van der Waals surface area contributed by atoms with Gasteiger partial charge in [-0.1, -0.05) is 26.0 Å². The minimum Gasteiger partial charge on any atom is -0.379 e. The highest BCUT2D eigenvalue weighted by atomic mass is 16.2. The summed E-state index contributed by atoms with van der Waals surface area (Å²) in [6.07, 6.45) is 4.81. The molecule has 1 atom stereocenters. The summed E-state index contributed by atoms with van der Waals surface area (Å²) in [4.78, 5) is 18.7.